The van der Waals surface area contributed by atoms with Crippen molar-refractivity contribution < 1.29 is 9.90 Å². The van der Waals surface area contributed by atoms with Crippen molar-refractivity contribution in [2.24, 2.45) is 0 Å². The second-order valence-electron chi connectivity index (χ2n) is 3.94. The zero-order valence-corrected chi connectivity index (χ0v) is 10.7. The Kier molecular flexibility index (Phi) is 4.81. The van der Waals surface area contributed by atoms with Gasteiger partial charge in [0.15, 0.2) is 0 Å². The van der Waals surface area contributed by atoms with Crippen molar-refractivity contribution in [1.82, 2.24) is 25.5 Å². The molecule has 2 N–H and O–H groups in total. The molecule has 20 heavy (non-hydrogen) atoms. The molecule has 2 aromatic rings. The monoisotopic (exact) mass is 271 g/mol. The summed E-state index contributed by atoms with van der Waals surface area (Å²) in [7, 11) is 0. The molecule has 0 aliphatic rings. The molecule has 0 saturated heterocycles. The fraction of sp³-hybridized carbons (Fsp3) is 0.231. The van der Waals surface area contributed by atoms with E-state index in [1.54, 1.807) is 0 Å². The highest BCUT2D eigenvalue weighted by atomic mass is 16.2. The zero-order chi connectivity index (χ0) is 14.2. The lowest BCUT2D eigenvalue weighted by Gasteiger charge is -2.05. The molecule has 0 saturated carbocycles. The SMILES string of the molecule is O=C(Cn1cnnn1)NCc1ccc(C#CCO)cc1. The molecule has 1 amide bonds. The molecule has 0 unspecified atom stereocenters. The molecule has 0 aliphatic heterocycles. The molecule has 2 rings (SSSR count). The van der Waals surface area contributed by atoms with E-state index in [9.17, 15) is 4.79 Å². The van der Waals surface area contributed by atoms with Gasteiger partial charge in [-0.05, 0) is 28.1 Å². The number of amides is 1. The van der Waals surface area contributed by atoms with Gasteiger partial charge in [0.1, 0.15) is 19.5 Å². The van der Waals surface area contributed by atoms with Crippen molar-refractivity contribution in [3.63, 3.8) is 0 Å². The van der Waals surface area contributed by atoms with Crippen molar-refractivity contribution in [1.29, 1.82) is 0 Å². The number of carbonyl (C=O) groups is 1. The maximum atomic E-state index is 11.6. The van der Waals surface area contributed by atoms with Gasteiger partial charge >= 0.3 is 0 Å². The molecule has 1 heterocycles. The van der Waals surface area contributed by atoms with E-state index >= 15 is 0 Å². The van der Waals surface area contributed by atoms with Gasteiger partial charge < -0.3 is 10.4 Å². The Morgan fingerprint density at radius 1 is 1.35 bits per heavy atom. The molecule has 0 atom stereocenters. The first kappa shape index (κ1) is 13.7. The average Bonchev–Trinajstić information content (AvgIpc) is 2.97. The molecule has 1 aromatic heterocycles. The van der Waals surface area contributed by atoms with E-state index in [1.165, 1.54) is 11.0 Å². The van der Waals surface area contributed by atoms with Gasteiger partial charge in [-0.3, -0.25) is 4.79 Å². The third-order valence-corrected chi connectivity index (χ3v) is 2.45. The van der Waals surface area contributed by atoms with Gasteiger partial charge in [-0.25, -0.2) is 4.68 Å². The lowest BCUT2D eigenvalue weighted by atomic mass is 10.1. The third kappa shape index (κ3) is 4.19. The number of rotatable bonds is 4. The highest BCUT2D eigenvalue weighted by Gasteiger charge is 2.03. The Morgan fingerprint density at radius 2 is 2.15 bits per heavy atom. The minimum absolute atomic E-state index is 0.0903. The first-order chi connectivity index (χ1) is 9.78. The van der Waals surface area contributed by atoms with E-state index in [2.05, 4.69) is 32.7 Å². The molecule has 0 bridgehead atoms. The number of nitrogens with one attached hydrogen (secondary N) is 1. The molecule has 0 aliphatic carbocycles. The molecule has 1 aromatic carbocycles. The van der Waals surface area contributed by atoms with Crippen LogP contribution in [-0.4, -0.2) is 37.8 Å². The number of aromatic nitrogens is 4. The van der Waals surface area contributed by atoms with Crippen LogP contribution in [0.15, 0.2) is 30.6 Å². The largest absolute Gasteiger partial charge is 0.384 e. The Bertz CT molecular complexity index is 610. The molecule has 7 nitrogen and oxygen atoms in total. The van der Waals surface area contributed by atoms with Gasteiger partial charge in [0.25, 0.3) is 0 Å². The molecule has 0 radical (unpaired) electrons. The summed E-state index contributed by atoms with van der Waals surface area (Å²) in [4.78, 5) is 11.6. The summed E-state index contributed by atoms with van der Waals surface area (Å²) in [6.07, 6.45) is 1.38. The summed E-state index contributed by atoms with van der Waals surface area (Å²) in [5, 5.41) is 21.9. The second-order valence-corrected chi connectivity index (χ2v) is 3.94. The van der Waals surface area contributed by atoms with Gasteiger partial charge in [0, 0.05) is 12.1 Å². The Morgan fingerprint density at radius 3 is 2.80 bits per heavy atom. The van der Waals surface area contributed by atoms with E-state index < -0.39 is 0 Å². The van der Waals surface area contributed by atoms with E-state index in [1.807, 2.05) is 24.3 Å². The lowest BCUT2D eigenvalue weighted by Crippen LogP contribution is -2.27. The van der Waals surface area contributed by atoms with Crippen molar-refractivity contribution in [3.8, 4) is 11.8 Å². The Hall–Kier alpha value is -2.72. The van der Waals surface area contributed by atoms with Crippen LogP contribution >= 0.6 is 0 Å². The molecular formula is C13H13N5O2. The van der Waals surface area contributed by atoms with Crippen LogP contribution in [0.5, 0.6) is 0 Å². The van der Waals surface area contributed by atoms with Crippen molar-refractivity contribution in [3.05, 3.63) is 41.7 Å². The van der Waals surface area contributed by atoms with Gasteiger partial charge in [0.05, 0.1) is 0 Å². The maximum absolute atomic E-state index is 11.6. The summed E-state index contributed by atoms with van der Waals surface area (Å²) >= 11 is 0. The Balaban J connectivity index is 1.83. The predicted molar refractivity (Wildman–Crippen MR) is 70.1 cm³/mol. The predicted octanol–water partition coefficient (Wildman–Crippen LogP) is -0.667. The number of hydrogen-bond acceptors (Lipinski definition) is 5. The molecule has 102 valence electrons. The fourth-order valence-electron chi connectivity index (χ4n) is 1.50. The topological polar surface area (TPSA) is 92.9 Å². The zero-order valence-electron chi connectivity index (χ0n) is 10.7. The van der Waals surface area contributed by atoms with Crippen molar-refractivity contribution in [2.75, 3.05) is 6.61 Å². The standard InChI is InChI=1S/C13H13N5O2/c19-7-1-2-11-3-5-12(6-4-11)8-14-13(20)9-18-10-15-16-17-18/h3-6,10,19H,7-9H2,(H,14,20). The first-order valence-electron chi connectivity index (χ1n) is 5.94. The third-order valence-electron chi connectivity index (χ3n) is 2.45. The van der Waals surface area contributed by atoms with Crippen LogP contribution < -0.4 is 5.32 Å². The van der Waals surface area contributed by atoms with Crippen LogP contribution in [-0.2, 0) is 17.9 Å². The second kappa shape index (κ2) is 7.01. The maximum Gasteiger partial charge on any atom is 0.242 e. The van der Waals surface area contributed by atoms with Crippen molar-refractivity contribution in [2.45, 2.75) is 13.1 Å². The number of aliphatic hydroxyl groups excluding tert-OH is 1. The summed E-state index contributed by atoms with van der Waals surface area (Å²) in [6, 6.07) is 7.42. The highest BCUT2D eigenvalue weighted by molar-refractivity contribution is 5.75. The van der Waals surface area contributed by atoms with Crippen molar-refractivity contribution >= 4 is 5.91 Å². The van der Waals surface area contributed by atoms with E-state index in [0.29, 0.717) is 6.54 Å². The minimum Gasteiger partial charge on any atom is -0.384 e. The van der Waals surface area contributed by atoms with Gasteiger partial charge in [0.2, 0.25) is 5.91 Å². The van der Waals surface area contributed by atoms with Crippen LogP contribution in [0, 0.1) is 11.8 Å². The highest BCUT2D eigenvalue weighted by Crippen LogP contribution is 2.02. The minimum atomic E-state index is -0.165. The summed E-state index contributed by atoms with van der Waals surface area (Å²) in [5.41, 5.74) is 1.78. The van der Waals surface area contributed by atoms with E-state index in [0.717, 1.165) is 11.1 Å². The normalized spacial score (nSPS) is 9.65. The van der Waals surface area contributed by atoms with Crippen LogP contribution in [0.1, 0.15) is 11.1 Å². The number of carbonyl (C=O) groups excluding carboxylic acids is 1. The molecule has 0 fully saturated rings. The number of aliphatic hydroxyl groups is 1. The number of tetrazole rings is 1. The fourth-order valence-corrected chi connectivity index (χ4v) is 1.50. The smallest absolute Gasteiger partial charge is 0.242 e. The quantitative estimate of drug-likeness (QED) is 0.720. The van der Waals surface area contributed by atoms with E-state index in [-0.39, 0.29) is 19.1 Å². The Labute approximate surface area is 115 Å². The molecular weight excluding hydrogens is 258 g/mol. The van der Waals surface area contributed by atoms with Gasteiger partial charge in [-0.1, -0.05) is 24.0 Å². The summed E-state index contributed by atoms with van der Waals surface area (Å²) < 4.78 is 1.35. The van der Waals surface area contributed by atoms with Crippen LogP contribution in [0.25, 0.3) is 0 Å². The van der Waals surface area contributed by atoms with Gasteiger partial charge in [-0.2, -0.15) is 0 Å². The number of nitrogens with zero attached hydrogens (tertiary/aromatic N) is 4. The van der Waals surface area contributed by atoms with Crippen LogP contribution in [0.2, 0.25) is 0 Å². The number of benzene rings is 1. The molecule has 7 heteroatoms. The van der Waals surface area contributed by atoms with Crippen LogP contribution in [0.4, 0.5) is 0 Å². The first-order valence-corrected chi connectivity index (χ1v) is 5.94. The summed E-state index contributed by atoms with van der Waals surface area (Å²) in [6.45, 7) is 0.358. The summed E-state index contributed by atoms with van der Waals surface area (Å²) in [5.74, 6) is 5.21. The van der Waals surface area contributed by atoms with E-state index in [4.69, 9.17) is 5.11 Å². The van der Waals surface area contributed by atoms with Gasteiger partial charge in [-0.15, -0.1) is 5.10 Å². The lowest BCUT2D eigenvalue weighted by molar-refractivity contribution is -0.122. The average molecular weight is 271 g/mol. The molecule has 0 spiro atoms. The van der Waals surface area contributed by atoms with Crippen LogP contribution in [0.3, 0.4) is 0 Å². The number of hydrogen-bond donors (Lipinski definition) is 2.